The van der Waals surface area contributed by atoms with Gasteiger partial charge < -0.3 is 4.90 Å². The topological polar surface area (TPSA) is 105 Å². The zero-order valence-electron chi connectivity index (χ0n) is 16.0. The lowest BCUT2D eigenvalue weighted by Gasteiger charge is -2.34. The van der Waals surface area contributed by atoms with E-state index in [1.54, 1.807) is 30.3 Å². The largest absolute Gasteiger partial charge is 0.503 e. The van der Waals surface area contributed by atoms with Gasteiger partial charge in [-0.05, 0) is 17.7 Å². The molecule has 0 bridgehead atoms. The molecule has 8 nitrogen and oxygen atoms in total. The molecule has 0 unspecified atom stereocenters. The summed E-state index contributed by atoms with van der Waals surface area (Å²) in [6.07, 6.45) is 0.851. The maximum Gasteiger partial charge on any atom is 0.503 e. The lowest BCUT2D eigenvalue weighted by molar-refractivity contribution is -0.0438. The van der Waals surface area contributed by atoms with Gasteiger partial charge in [0.15, 0.2) is 5.03 Å². The molecule has 0 spiro atoms. The third-order valence-electron chi connectivity index (χ3n) is 4.67. The minimum absolute atomic E-state index is 0.0669. The van der Waals surface area contributed by atoms with E-state index in [-0.39, 0.29) is 31.9 Å². The van der Waals surface area contributed by atoms with Crippen molar-refractivity contribution in [3.8, 4) is 0 Å². The van der Waals surface area contributed by atoms with Gasteiger partial charge in [0.1, 0.15) is 0 Å². The molecule has 13 heteroatoms. The number of hydrogen-bond acceptors (Lipinski definition) is 6. The fraction of sp³-hybridized carbons (Fsp3) is 0.333. The highest BCUT2D eigenvalue weighted by Crippen LogP contribution is 2.31. The Bertz CT molecular complexity index is 1160. The van der Waals surface area contributed by atoms with Crippen molar-refractivity contribution in [2.24, 2.45) is 0 Å². The van der Waals surface area contributed by atoms with Crippen molar-refractivity contribution in [1.29, 1.82) is 0 Å². The molecule has 1 aliphatic heterocycles. The van der Waals surface area contributed by atoms with Gasteiger partial charge in [-0.2, -0.15) is 17.5 Å². The van der Waals surface area contributed by atoms with Gasteiger partial charge in [-0.15, -0.1) is 0 Å². The van der Waals surface area contributed by atoms with Crippen LogP contribution in [0.1, 0.15) is 15.9 Å². The van der Waals surface area contributed by atoms with E-state index >= 15 is 0 Å². The second-order valence-electron chi connectivity index (χ2n) is 6.74. The average molecular weight is 477 g/mol. The van der Waals surface area contributed by atoms with Crippen molar-refractivity contribution in [1.82, 2.24) is 14.2 Å². The molecule has 1 amide bonds. The summed E-state index contributed by atoms with van der Waals surface area (Å²) < 4.78 is 88.8. The molecule has 0 aliphatic carbocycles. The Hall–Kier alpha value is -2.51. The number of hydrogen-bond donors (Lipinski definition) is 0. The van der Waals surface area contributed by atoms with Crippen LogP contribution >= 0.6 is 0 Å². The van der Waals surface area contributed by atoms with Gasteiger partial charge in [0.25, 0.3) is 15.7 Å². The molecule has 0 saturated carbocycles. The number of aromatic nitrogens is 1. The summed E-state index contributed by atoms with van der Waals surface area (Å²) in [5.41, 5.74) is -5.72. The third-order valence-corrected chi connectivity index (χ3v) is 7.97. The summed E-state index contributed by atoms with van der Waals surface area (Å²) in [4.78, 5) is 17.1. The maximum absolute atomic E-state index is 12.9. The van der Waals surface area contributed by atoms with Crippen LogP contribution in [0.2, 0.25) is 0 Å². The highest BCUT2D eigenvalue weighted by Gasteiger charge is 2.50. The fourth-order valence-electron chi connectivity index (χ4n) is 3.09. The number of carbonyl (C=O) groups is 1. The number of halogens is 3. The van der Waals surface area contributed by atoms with Gasteiger partial charge in [0, 0.05) is 32.4 Å². The molecule has 0 radical (unpaired) electrons. The Morgan fingerprint density at radius 1 is 0.935 bits per heavy atom. The van der Waals surface area contributed by atoms with Crippen molar-refractivity contribution in [3.63, 3.8) is 0 Å². The number of amides is 1. The number of pyridine rings is 1. The second kappa shape index (κ2) is 8.55. The summed E-state index contributed by atoms with van der Waals surface area (Å²) in [6, 6.07) is 10.6. The van der Waals surface area contributed by atoms with Crippen LogP contribution in [-0.4, -0.2) is 68.6 Å². The standard InChI is InChI=1S/C18H18F3N3O5S2/c19-18(20,21)31(28,29)16-15(7-4-8-22-16)17(25)23-9-11-24(12-10-23)30(26,27)13-14-5-2-1-3-6-14/h1-8H,9-13H2. The van der Waals surface area contributed by atoms with Crippen LogP contribution in [0.4, 0.5) is 13.2 Å². The molecule has 31 heavy (non-hydrogen) atoms. The molecule has 0 N–H and O–H groups in total. The molecule has 168 valence electrons. The predicted molar refractivity (Wildman–Crippen MR) is 104 cm³/mol. The molecule has 1 fully saturated rings. The molecule has 1 aliphatic rings. The molecular weight excluding hydrogens is 459 g/mol. The highest BCUT2D eigenvalue weighted by atomic mass is 32.2. The van der Waals surface area contributed by atoms with E-state index in [0.29, 0.717) is 5.56 Å². The van der Waals surface area contributed by atoms with Crippen LogP contribution in [0.3, 0.4) is 0 Å². The van der Waals surface area contributed by atoms with Crippen LogP contribution in [0, 0.1) is 0 Å². The Labute approximate surface area is 177 Å². The van der Waals surface area contributed by atoms with Gasteiger partial charge in [0.2, 0.25) is 10.0 Å². The Balaban J connectivity index is 1.75. The van der Waals surface area contributed by atoms with E-state index in [4.69, 9.17) is 0 Å². The predicted octanol–water partition coefficient (Wildman–Crippen LogP) is 1.66. The van der Waals surface area contributed by atoms with Gasteiger partial charge >= 0.3 is 5.51 Å². The van der Waals surface area contributed by atoms with Crippen LogP contribution in [0.15, 0.2) is 53.7 Å². The number of sulfonamides is 1. The van der Waals surface area contributed by atoms with Gasteiger partial charge in [-0.25, -0.2) is 21.8 Å². The summed E-state index contributed by atoms with van der Waals surface area (Å²) in [6.45, 7) is -0.342. The summed E-state index contributed by atoms with van der Waals surface area (Å²) in [5.74, 6) is -1.19. The molecule has 3 rings (SSSR count). The Morgan fingerprint density at radius 2 is 1.55 bits per heavy atom. The van der Waals surface area contributed by atoms with Crippen LogP contribution in [-0.2, 0) is 25.6 Å². The molecule has 2 heterocycles. The van der Waals surface area contributed by atoms with Crippen LogP contribution < -0.4 is 0 Å². The van der Waals surface area contributed by atoms with Gasteiger partial charge in [-0.1, -0.05) is 30.3 Å². The number of alkyl halides is 3. The van der Waals surface area contributed by atoms with Crippen LogP contribution in [0.5, 0.6) is 0 Å². The second-order valence-corrected chi connectivity index (χ2v) is 10.6. The Morgan fingerprint density at radius 3 is 2.13 bits per heavy atom. The summed E-state index contributed by atoms with van der Waals surface area (Å²) >= 11 is 0. The number of rotatable bonds is 5. The van der Waals surface area contributed by atoms with Crippen molar-refractivity contribution < 1.29 is 34.8 Å². The smallest absolute Gasteiger partial charge is 0.336 e. The van der Waals surface area contributed by atoms with Gasteiger partial charge in [0.05, 0.1) is 11.3 Å². The zero-order valence-corrected chi connectivity index (χ0v) is 17.6. The lowest BCUT2D eigenvalue weighted by Crippen LogP contribution is -2.51. The molecule has 1 aromatic carbocycles. The third kappa shape index (κ3) is 4.88. The first-order valence-electron chi connectivity index (χ1n) is 9.01. The normalized spacial score (nSPS) is 16.3. The van der Waals surface area contributed by atoms with Crippen molar-refractivity contribution in [3.05, 3.63) is 59.8 Å². The number of nitrogens with zero attached hydrogens (tertiary/aromatic N) is 3. The zero-order chi connectivity index (χ0) is 22.9. The van der Waals surface area contributed by atoms with E-state index in [0.717, 1.165) is 23.2 Å². The fourth-order valence-corrected chi connectivity index (χ4v) is 5.47. The van der Waals surface area contributed by atoms with E-state index in [1.807, 2.05) is 0 Å². The van der Waals surface area contributed by atoms with E-state index in [9.17, 15) is 34.8 Å². The van der Waals surface area contributed by atoms with Crippen molar-refractivity contribution >= 4 is 25.8 Å². The SMILES string of the molecule is O=C(c1cccnc1S(=O)(=O)C(F)(F)F)N1CCN(S(=O)(=O)Cc2ccccc2)CC1. The molecule has 1 aromatic heterocycles. The number of benzene rings is 1. The molecule has 0 atom stereocenters. The highest BCUT2D eigenvalue weighted by molar-refractivity contribution is 7.92. The quantitative estimate of drug-likeness (QED) is 0.649. The van der Waals surface area contributed by atoms with E-state index < -0.39 is 41.9 Å². The van der Waals surface area contributed by atoms with E-state index in [1.165, 1.54) is 4.31 Å². The maximum atomic E-state index is 12.9. The monoisotopic (exact) mass is 477 g/mol. The first kappa shape index (κ1) is 23.2. The number of sulfone groups is 1. The van der Waals surface area contributed by atoms with Gasteiger partial charge in [-0.3, -0.25) is 4.79 Å². The minimum atomic E-state index is -5.82. The van der Waals surface area contributed by atoms with Crippen LogP contribution in [0.25, 0.3) is 0 Å². The molecule has 1 saturated heterocycles. The lowest BCUT2D eigenvalue weighted by atomic mass is 10.2. The average Bonchev–Trinajstić information content (AvgIpc) is 2.73. The summed E-state index contributed by atoms with van der Waals surface area (Å²) in [5, 5.41) is -1.37. The molecule has 2 aromatic rings. The first-order valence-corrected chi connectivity index (χ1v) is 12.1. The molecular formula is C18H18F3N3O5S2. The van der Waals surface area contributed by atoms with E-state index in [2.05, 4.69) is 4.98 Å². The summed E-state index contributed by atoms with van der Waals surface area (Å²) in [7, 11) is -9.49. The Kier molecular flexibility index (Phi) is 6.39. The number of carbonyl (C=O) groups excluding carboxylic acids is 1. The van der Waals surface area contributed by atoms with Crippen molar-refractivity contribution in [2.75, 3.05) is 26.2 Å². The minimum Gasteiger partial charge on any atom is -0.336 e. The van der Waals surface area contributed by atoms with Crippen molar-refractivity contribution in [2.45, 2.75) is 16.3 Å². The first-order chi connectivity index (χ1) is 14.4. The number of piperazine rings is 1.